The Morgan fingerprint density at radius 3 is 2.88 bits per heavy atom. The fraction of sp³-hybridized carbons (Fsp3) is 0.333. The number of aromatic nitrogens is 2. The summed E-state index contributed by atoms with van der Waals surface area (Å²) in [5.41, 5.74) is 3.09. The summed E-state index contributed by atoms with van der Waals surface area (Å²) < 4.78 is 1.58. The summed E-state index contributed by atoms with van der Waals surface area (Å²) in [7, 11) is 0. The number of nitrogens with one attached hydrogen (secondary N) is 1. The summed E-state index contributed by atoms with van der Waals surface area (Å²) >= 11 is 1.48. The molecule has 3 heterocycles. The number of para-hydroxylation sites is 2. The lowest BCUT2D eigenvalue weighted by molar-refractivity contribution is 0.578. The third-order valence-corrected chi connectivity index (χ3v) is 5.17. The maximum absolute atomic E-state index is 12.1. The molecule has 0 spiro atoms. The molecule has 1 saturated heterocycles. The first-order valence-electron chi connectivity index (χ1n) is 8.35. The van der Waals surface area contributed by atoms with Gasteiger partial charge in [0.25, 0.3) is 5.56 Å². The molecule has 4 rings (SSSR count). The number of piperidine rings is 1. The van der Waals surface area contributed by atoms with E-state index in [9.17, 15) is 4.79 Å². The van der Waals surface area contributed by atoms with E-state index in [0.29, 0.717) is 6.54 Å². The Hall–Kier alpha value is -2.34. The predicted octanol–water partition coefficient (Wildman–Crippen LogP) is 3.36. The van der Waals surface area contributed by atoms with Crippen LogP contribution >= 0.6 is 11.3 Å². The van der Waals surface area contributed by atoms with Crippen LogP contribution in [0.4, 0.5) is 11.4 Å². The molecule has 0 amide bonds. The number of anilines is 2. The van der Waals surface area contributed by atoms with Gasteiger partial charge in [-0.15, -0.1) is 11.3 Å². The van der Waals surface area contributed by atoms with Gasteiger partial charge in [0.15, 0.2) is 4.96 Å². The Labute approximate surface area is 144 Å². The Morgan fingerprint density at radius 1 is 1.17 bits per heavy atom. The zero-order valence-electron chi connectivity index (χ0n) is 13.4. The lowest BCUT2D eigenvalue weighted by Crippen LogP contribution is -2.30. The number of hydrogen-bond acceptors (Lipinski definition) is 5. The number of hydrogen-bond donors (Lipinski definition) is 1. The third kappa shape index (κ3) is 3.01. The number of fused-ring (bicyclic) bond motifs is 1. The molecule has 24 heavy (non-hydrogen) atoms. The molecule has 5 nitrogen and oxygen atoms in total. The molecule has 6 heteroatoms. The fourth-order valence-electron chi connectivity index (χ4n) is 3.20. The molecule has 124 valence electrons. The van der Waals surface area contributed by atoms with E-state index in [4.69, 9.17) is 0 Å². The highest BCUT2D eigenvalue weighted by atomic mass is 32.1. The smallest absolute Gasteiger partial charge is 0.258 e. The Balaban J connectivity index is 1.55. The van der Waals surface area contributed by atoms with Crippen LogP contribution in [-0.4, -0.2) is 22.5 Å². The second-order valence-electron chi connectivity index (χ2n) is 6.06. The van der Waals surface area contributed by atoms with E-state index in [1.54, 1.807) is 16.7 Å². The van der Waals surface area contributed by atoms with Gasteiger partial charge in [0.1, 0.15) is 0 Å². The van der Waals surface area contributed by atoms with E-state index in [1.165, 1.54) is 36.3 Å². The average Bonchev–Trinajstić information content (AvgIpc) is 3.10. The quantitative estimate of drug-likeness (QED) is 0.791. The number of rotatable bonds is 4. The van der Waals surface area contributed by atoms with Crippen LogP contribution in [-0.2, 0) is 6.54 Å². The minimum absolute atomic E-state index is 0.0256. The second-order valence-corrected chi connectivity index (χ2v) is 6.93. The molecule has 2 aromatic heterocycles. The van der Waals surface area contributed by atoms with Gasteiger partial charge >= 0.3 is 0 Å². The standard InChI is InChI=1S/C18H20N4OS/c23-17-12-14(20-18-22(17)10-11-24-18)13-19-15-6-2-3-7-16(15)21-8-4-1-5-9-21/h2-3,6-7,10-12,19H,1,4-5,8-9,13H2. The van der Waals surface area contributed by atoms with Gasteiger partial charge in [-0.1, -0.05) is 12.1 Å². The molecule has 1 aliphatic rings. The second kappa shape index (κ2) is 6.65. The molecule has 1 N–H and O–H groups in total. The summed E-state index contributed by atoms with van der Waals surface area (Å²) in [6.07, 6.45) is 5.59. The molecule has 0 radical (unpaired) electrons. The van der Waals surface area contributed by atoms with Gasteiger partial charge in [0.05, 0.1) is 23.6 Å². The van der Waals surface area contributed by atoms with Crippen LogP contribution < -0.4 is 15.8 Å². The van der Waals surface area contributed by atoms with Crippen LogP contribution in [0.2, 0.25) is 0 Å². The summed E-state index contributed by atoms with van der Waals surface area (Å²) in [5.74, 6) is 0. The highest BCUT2D eigenvalue weighted by Crippen LogP contribution is 2.28. The molecule has 1 aromatic carbocycles. The van der Waals surface area contributed by atoms with E-state index in [0.717, 1.165) is 29.4 Å². The van der Waals surface area contributed by atoms with Gasteiger partial charge in [-0.3, -0.25) is 9.20 Å². The fourth-order valence-corrected chi connectivity index (χ4v) is 3.94. The molecule has 0 unspecified atom stereocenters. The first kappa shape index (κ1) is 15.2. The van der Waals surface area contributed by atoms with Crippen LogP contribution in [0.1, 0.15) is 25.0 Å². The SMILES string of the molecule is O=c1cc(CNc2ccccc2N2CCCCC2)nc2sccn12. The summed E-state index contributed by atoms with van der Waals surface area (Å²) in [5, 5.41) is 5.34. The average molecular weight is 340 g/mol. The first-order valence-corrected chi connectivity index (χ1v) is 9.23. The van der Waals surface area contributed by atoms with Crippen LogP contribution in [0.5, 0.6) is 0 Å². The largest absolute Gasteiger partial charge is 0.378 e. The van der Waals surface area contributed by atoms with E-state index in [-0.39, 0.29) is 5.56 Å². The van der Waals surface area contributed by atoms with Gasteiger partial charge in [0, 0.05) is 30.7 Å². The molecular weight excluding hydrogens is 320 g/mol. The van der Waals surface area contributed by atoms with E-state index >= 15 is 0 Å². The molecule has 1 aliphatic heterocycles. The van der Waals surface area contributed by atoms with E-state index in [1.807, 2.05) is 11.4 Å². The minimum atomic E-state index is -0.0256. The summed E-state index contributed by atoms with van der Waals surface area (Å²) in [4.78, 5) is 19.8. The van der Waals surface area contributed by atoms with Crippen LogP contribution in [0.25, 0.3) is 4.96 Å². The molecule has 0 bridgehead atoms. The maximum atomic E-state index is 12.1. The van der Waals surface area contributed by atoms with Crippen molar-refractivity contribution < 1.29 is 0 Å². The minimum Gasteiger partial charge on any atom is -0.378 e. The van der Waals surface area contributed by atoms with Crippen molar-refractivity contribution in [1.29, 1.82) is 0 Å². The molecule has 0 aliphatic carbocycles. The molecule has 1 fully saturated rings. The summed E-state index contributed by atoms with van der Waals surface area (Å²) in [6, 6.07) is 9.99. The van der Waals surface area contributed by atoms with Crippen molar-refractivity contribution in [1.82, 2.24) is 9.38 Å². The van der Waals surface area contributed by atoms with Crippen molar-refractivity contribution in [2.45, 2.75) is 25.8 Å². The molecule has 3 aromatic rings. The van der Waals surface area contributed by atoms with Crippen molar-refractivity contribution in [3.05, 3.63) is 58.0 Å². The Morgan fingerprint density at radius 2 is 2.00 bits per heavy atom. The third-order valence-electron chi connectivity index (χ3n) is 4.42. The van der Waals surface area contributed by atoms with Crippen molar-refractivity contribution >= 4 is 27.7 Å². The highest BCUT2D eigenvalue weighted by molar-refractivity contribution is 7.15. The zero-order chi connectivity index (χ0) is 16.4. The maximum Gasteiger partial charge on any atom is 0.258 e. The van der Waals surface area contributed by atoms with Crippen molar-refractivity contribution in [2.24, 2.45) is 0 Å². The zero-order valence-corrected chi connectivity index (χ0v) is 14.3. The topological polar surface area (TPSA) is 49.6 Å². The van der Waals surface area contributed by atoms with Crippen LogP contribution in [0.3, 0.4) is 0 Å². The molecule has 0 atom stereocenters. The number of benzene rings is 1. The van der Waals surface area contributed by atoms with Gasteiger partial charge in [-0.25, -0.2) is 4.98 Å². The van der Waals surface area contributed by atoms with Gasteiger partial charge in [-0.2, -0.15) is 0 Å². The lowest BCUT2D eigenvalue weighted by atomic mass is 10.1. The van der Waals surface area contributed by atoms with Gasteiger partial charge in [-0.05, 0) is 31.4 Å². The first-order chi connectivity index (χ1) is 11.8. The highest BCUT2D eigenvalue weighted by Gasteiger charge is 2.14. The Bertz CT molecular complexity index is 895. The van der Waals surface area contributed by atoms with E-state index in [2.05, 4.69) is 33.4 Å². The number of thiazole rings is 1. The normalized spacial score (nSPS) is 14.9. The van der Waals surface area contributed by atoms with Gasteiger partial charge in [0.2, 0.25) is 0 Å². The van der Waals surface area contributed by atoms with Crippen molar-refractivity contribution in [3.8, 4) is 0 Å². The molecule has 0 saturated carbocycles. The Kier molecular flexibility index (Phi) is 4.21. The van der Waals surface area contributed by atoms with Crippen molar-refractivity contribution in [2.75, 3.05) is 23.3 Å². The van der Waals surface area contributed by atoms with E-state index < -0.39 is 0 Å². The molecular formula is C18H20N4OS. The monoisotopic (exact) mass is 340 g/mol. The van der Waals surface area contributed by atoms with Crippen LogP contribution in [0, 0.1) is 0 Å². The van der Waals surface area contributed by atoms with Gasteiger partial charge < -0.3 is 10.2 Å². The number of nitrogens with zero attached hydrogens (tertiary/aromatic N) is 3. The van der Waals surface area contributed by atoms with Crippen molar-refractivity contribution in [3.63, 3.8) is 0 Å². The lowest BCUT2D eigenvalue weighted by Gasteiger charge is -2.30. The van der Waals surface area contributed by atoms with Crippen LogP contribution in [0.15, 0.2) is 46.7 Å². The predicted molar refractivity (Wildman–Crippen MR) is 99.2 cm³/mol. The summed E-state index contributed by atoms with van der Waals surface area (Å²) in [6.45, 7) is 2.77.